The summed E-state index contributed by atoms with van der Waals surface area (Å²) in [6, 6.07) is 0. The van der Waals surface area contributed by atoms with E-state index in [1.807, 2.05) is 20.8 Å². The minimum absolute atomic E-state index is 0.216. The quantitative estimate of drug-likeness (QED) is 0.666. The van der Waals surface area contributed by atoms with Gasteiger partial charge in [0.25, 0.3) is 0 Å². The van der Waals surface area contributed by atoms with Crippen molar-refractivity contribution >= 4 is 0 Å². The monoisotopic (exact) mass is 202 g/mol. The van der Waals surface area contributed by atoms with E-state index in [1.54, 1.807) is 0 Å². The Balaban J connectivity index is 3.71. The van der Waals surface area contributed by atoms with Crippen molar-refractivity contribution in [1.82, 2.24) is 0 Å². The summed E-state index contributed by atoms with van der Waals surface area (Å²) in [4.78, 5) is 0. The third-order valence-corrected chi connectivity index (χ3v) is 3.26. The van der Waals surface area contributed by atoms with Crippen molar-refractivity contribution in [1.29, 1.82) is 0 Å². The fourth-order valence-corrected chi connectivity index (χ4v) is 1.71. The first-order valence-electron chi connectivity index (χ1n) is 5.83. The lowest BCUT2D eigenvalue weighted by atomic mass is 9.89. The molecule has 0 aromatic carbocycles. The van der Waals surface area contributed by atoms with Crippen molar-refractivity contribution in [3.05, 3.63) is 0 Å². The average Bonchev–Trinajstić information content (AvgIpc) is 2.12. The molecule has 0 amide bonds. The van der Waals surface area contributed by atoms with Gasteiger partial charge in [-0.1, -0.05) is 26.7 Å². The van der Waals surface area contributed by atoms with Crippen LogP contribution in [0, 0.1) is 5.92 Å². The number of hydrogen-bond donors (Lipinski definition) is 2. The maximum absolute atomic E-state index is 9.78. The van der Waals surface area contributed by atoms with Crippen LogP contribution in [-0.2, 0) is 0 Å². The van der Waals surface area contributed by atoms with E-state index < -0.39 is 5.60 Å². The SMILES string of the molecule is CCC(CCCC(C)(O)CC)C(C)O. The Bertz CT molecular complexity index is 141. The molecule has 2 nitrogen and oxygen atoms in total. The predicted molar refractivity (Wildman–Crippen MR) is 60.2 cm³/mol. The van der Waals surface area contributed by atoms with Gasteiger partial charge in [-0.3, -0.25) is 0 Å². The van der Waals surface area contributed by atoms with E-state index in [9.17, 15) is 10.2 Å². The van der Waals surface area contributed by atoms with Gasteiger partial charge in [0.2, 0.25) is 0 Å². The summed E-state index contributed by atoms with van der Waals surface area (Å²) in [5, 5.41) is 19.2. The minimum atomic E-state index is -0.517. The molecular weight excluding hydrogens is 176 g/mol. The first-order chi connectivity index (χ1) is 6.43. The van der Waals surface area contributed by atoms with Gasteiger partial charge in [-0.15, -0.1) is 0 Å². The Morgan fingerprint density at radius 2 is 1.86 bits per heavy atom. The van der Waals surface area contributed by atoms with Crippen molar-refractivity contribution in [3.8, 4) is 0 Å². The normalized spacial score (nSPS) is 20.1. The Morgan fingerprint density at radius 1 is 1.29 bits per heavy atom. The number of rotatable bonds is 7. The van der Waals surface area contributed by atoms with Gasteiger partial charge in [-0.05, 0) is 39.0 Å². The summed E-state index contributed by atoms with van der Waals surface area (Å²) in [7, 11) is 0. The second-order valence-corrected chi connectivity index (χ2v) is 4.65. The Hall–Kier alpha value is -0.0800. The molecule has 0 rings (SSSR count). The van der Waals surface area contributed by atoms with Crippen LogP contribution < -0.4 is 0 Å². The topological polar surface area (TPSA) is 40.5 Å². The molecule has 0 aliphatic heterocycles. The first-order valence-corrected chi connectivity index (χ1v) is 5.83. The van der Waals surface area contributed by atoms with Gasteiger partial charge in [0.05, 0.1) is 11.7 Å². The summed E-state index contributed by atoms with van der Waals surface area (Å²) >= 11 is 0. The zero-order valence-corrected chi connectivity index (χ0v) is 10.1. The second kappa shape index (κ2) is 6.41. The Kier molecular flexibility index (Phi) is 6.38. The molecule has 0 spiro atoms. The molecule has 0 aliphatic carbocycles. The summed E-state index contributed by atoms with van der Waals surface area (Å²) in [6.07, 6.45) is 4.47. The van der Waals surface area contributed by atoms with Gasteiger partial charge in [0, 0.05) is 0 Å². The molecule has 2 N–H and O–H groups in total. The highest BCUT2D eigenvalue weighted by molar-refractivity contribution is 4.72. The van der Waals surface area contributed by atoms with Crippen molar-refractivity contribution in [2.24, 2.45) is 5.92 Å². The highest BCUT2D eigenvalue weighted by Gasteiger charge is 2.19. The lowest BCUT2D eigenvalue weighted by Crippen LogP contribution is -2.23. The minimum Gasteiger partial charge on any atom is -0.393 e. The van der Waals surface area contributed by atoms with Gasteiger partial charge in [-0.2, -0.15) is 0 Å². The Morgan fingerprint density at radius 3 is 2.21 bits per heavy atom. The van der Waals surface area contributed by atoms with Gasteiger partial charge in [0.1, 0.15) is 0 Å². The number of aliphatic hydroxyl groups excluding tert-OH is 1. The van der Waals surface area contributed by atoms with E-state index in [-0.39, 0.29) is 6.10 Å². The van der Waals surface area contributed by atoms with E-state index in [2.05, 4.69) is 6.92 Å². The van der Waals surface area contributed by atoms with Crippen LogP contribution >= 0.6 is 0 Å². The smallest absolute Gasteiger partial charge is 0.0617 e. The van der Waals surface area contributed by atoms with Crippen LogP contribution in [0.4, 0.5) is 0 Å². The van der Waals surface area contributed by atoms with E-state index in [4.69, 9.17) is 0 Å². The van der Waals surface area contributed by atoms with Crippen molar-refractivity contribution in [3.63, 3.8) is 0 Å². The van der Waals surface area contributed by atoms with Crippen LogP contribution in [0.1, 0.15) is 59.8 Å². The molecule has 3 atom stereocenters. The second-order valence-electron chi connectivity index (χ2n) is 4.65. The molecule has 0 aromatic rings. The van der Waals surface area contributed by atoms with Gasteiger partial charge >= 0.3 is 0 Å². The summed E-state index contributed by atoms with van der Waals surface area (Å²) in [6.45, 7) is 7.85. The number of aliphatic hydroxyl groups is 2. The lowest BCUT2D eigenvalue weighted by Gasteiger charge is -2.23. The molecule has 0 aromatic heterocycles. The molecule has 0 heterocycles. The van der Waals surface area contributed by atoms with E-state index >= 15 is 0 Å². The van der Waals surface area contributed by atoms with E-state index in [0.29, 0.717) is 5.92 Å². The van der Waals surface area contributed by atoms with Gasteiger partial charge in [-0.25, -0.2) is 0 Å². The summed E-state index contributed by atoms with van der Waals surface area (Å²) in [5.41, 5.74) is -0.517. The third-order valence-electron chi connectivity index (χ3n) is 3.26. The summed E-state index contributed by atoms with van der Waals surface area (Å²) in [5.74, 6) is 0.391. The van der Waals surface area contributed by atoms with Crippen LogP contribution in [0.5, 0.6) is 0 Å². The zero-order valence-electron chi connectivity index (χ0n) is 10.1. The van der Waals surface area contributed by atoms with Gasteiger partial charge < -0.3 is 10.2 Å². The Labute approximate surface area is 88.3 Å². The van der Waals surface area contributed by atoms with Crippen molar-refractivity contribution < 1.29 is 10.2 Å². The molecule has 0 saturated carbocycles. The van der Waals surface area contributed by atoms with Gasteiger partial charge in [0.15, 0.2) is 0 Å². The predicted octanol–water partition coefficient (Wildman–Crippen LogP) is 2.72. The van der Waals surface area contributed by atoms with Crippen LogP contribution in [0.15, 0.2) is 0 Å². The fraction of sp³-hybridized carbons (Fsp3) is 1.00. The van der Waals surface area contributed by atoms with E-state index in [0.717, 1.165) is 32.1 Å². The van der Waals surface area contributed by atoms with Crippen molar-refractivity contribution in [2.75, 3.05) is 0 Å². The maximum atomic E-state index is 9.78. The average molecular weight is 202 g/mol. The molecule has 3 unspecified atom stereocenters. The molecule has 0 radical (unpaired) electrons. The van der Waals surface area contributed by atoms with Crippen LogP contribution in [-0.4, -0.2) is 21.9 Å². The van der Waals surface area contributed by atoms with Crippen LogP contribution in [0.25, 0.3) is 0 Å². The summed E-state index contributed by atoms with van der Waals surface area (Å²) < 4.78 is 0. The molecule has 0 fully saturated rings. The maximum Gasteiger partial charge on any atom is 0.0617 e. The highest BCUT2D eigenvalue weighted by Crippen LogP contribution is 2.22. The molecule has 0 aliphatic rings. The molecule has 2 heteroatoms. The fourth-order valence-electron chi connectivity index (χ4n) is 1.71. The van der Waals surface area contributed by atoms with Crippen molar-refractivity contribution in [2.45, 2.75) is 71.5 Å². The van der Waals surface area contributed by atoms with E-state index in [1.165, 1.54) is 0 Å². The molecule has 0 bridgehead atoms. The molecular formula is C12H26O2. The molecule has 14 heavy (non-hydrogen) atoms. The number of hydrogen-bond acceptors (Lipinski definition) is 2. The highest BCUT2D eigenvalue weighted by atomic mass is 16.3. The third kappa shape index (κ3) is 5.61. The molecule has 86 valence electrons. The molecule has 0 saturated heterocycles. The first kappa shape index (κ1) is 13.9. The standard InChI is InChI=1S/C12H26O2/c1-5-11(10(3)13)8-7-9-12(4,14)6-2/h10-11,13-14H,5-9H2,1-4H3. The van der Waals surface area contributed by atoms with Crippen LogP contribution in [0.2, 0.25) is 0 Å². The largest absolute Gasteiger partial charge is 0.393 e. The van der Waals surface area contributed by atoms with Crippen LogP contribution in [0.3, 0.4) is 0 Å². The zero-order chi connectivity index (χ0) is 11.2. The lowest BCUT2D eigenvalue weighted by molar-refractivity contribution is 0.0391.